The predicted molar refractivity (Wildman–Crippen MR) is 93.3 cm³/mol. The van der Waals surface area contributed by atoms with Crippen LogP contribution in [-0.2, 0) is 22.5 Å². The van der Waals surface area contributed by atoms with E-state index in [2.05, 4.69) is 0 Å². The molecule has 132 valence electrons. The highest BCUT2D eigenvalue weighted by molar-refractivity contribution is 7.11. The third-order valence-electron chi connectivity index (χ3n) is 4.12. The Morgan fingerprint density at radius 3 is 2.52 bits per heavy atom. The van der Waals surface area contributed by atoms with Crippen molar-refractivity contribution < 1.29 is 23.8 Å². The maximum absolute atomic E-state index is 12.4. The van der Waals surface area contributed by atoms with Crippen molar-refractivity contribution in [3.05, 3.63) is 45.6 Å². The minimum Gasteiger partial charge on any atom is -0.493 e. The molecule has 0 bridgehead atoms. The van der Waals surface area contributed by atoms with Crippen LogP contribution in [0.15, 0.2) is 29.6 Å². The van der Waals surface area contributed by atoms with E-state index in [0.717, 1.165) is 17.5 Å². The number of fused-ring (bicyclic) bond motifs is 1. The number of carbonyl (C=O) groups is 2. The smallest absolute Gasteiger partial charge is 0.348 e. The predicted octanol–water partition coefficient (Wildman–Crippen LogP) is 2.51. The molecule has 0 saturated heterocycles. The van der Waals surface area contributed by atoms with Crippen molar-refractivity contribution in [3.63, 3.8) is 0 Å². The van der Waals surface area contributed by atoms with E-state index in [-0.39, 0.29) is 12.5 Å². The molecule has 0 aliphatic carbocycles. The standard InChI is InChI=1S/C18H19NO5S/c1-22-14-8-12-5-6-19(10-13(12)9-15(14)23-2)17(20)11-24-18(21)16-4-3-7-25-16/h3-4,7-9H,5-6,10-11H2,1-2H3. The van der Waals surface area contributed by atoms with Crippen LogP contribution in [0.1, 0.15) is 20.8 Å². The molecule has 0 radical (unpaired) electrons. The average molecular weight is 361 g/mol. The lowest BCUT2D eigenvalue weighted by Gasteiger charge is -2.29. The summed E-state index contributed by atoms with van der Waals surface area (Å²) < 4.78 is 15.7. The van der Waals surface area contributed by atoms with Gasteiger partial charge in [-0.2, -0.15) is 0 Å². The number of hydrogen-bond donors (Lipinski definition) is 0. The first-order chi connectivity index (χ1) is 12.1. The summed E-state index contributed by atoms with van der Waals surface area (Å²) in [4.78, 5) is 26.4. The van der Waals surface area contributed by atoms with E-state index in [1.807, 2.05) is 12.1 Å². The number of benzene rings is 1. The summed E-state index contributed by atoms with van der Waals surface area (Å²) in [5, 5.41) is 1.79. The van der Waals surface area contributed by atoms with E-state index < -0.39 is 5.97 Å². The Balaban J connectivity index is 1.63. The number of ether oxygens (including phenoxy) is 3. The molecule has 6 nitrogen and oxygen atoms in total. The number of nitrogens with zero attached hydrogens (tertiary/aromatic N) is 1. The summed E-state index contributed by atoms with van der Waals surface area (Å²) in [7, 11) is 3.19. The van der Waals surface area contributed by atoms with Crippen LogP contribution in [0.3, 0.4) is 0 Å². The molecule has 25 heavy (non-hydrogen) atoms. The van der Waals surface area contributed by atoms with Crippen LogP contribution in [-0.4, -0.2) is 44.1 Å². The molecule has 0 fully saturated rings. The van der Waals surface area contributed by atoms with E-state index in [9.17, 15) is 9.59 Å². The van der Waals surface area contributed by atoms with Crippen molar-refractivity contribution in [1.29, 1.82) is 0 Å². The van der Waals surface area contributed by atoms with Crippen LogP contribution in [0.4, 0.5) is 0 Å². The highest BCUT2D eigenvalue weighted by Crippen LogP contribution is 2.33. The van der Waals surface area contributed by atoms with Crippen LogP contribution in [0.5, 0.6) is 11.5 Å². The van der Waals surface area contributed by atoms with Gasteiger partial charge >= 0.3 is 5.97 Å². The molecule has 2 heterocycles. The van der Waals surface area contributed by atoms with E-state index in [1.165, 1.54) is 11.3 Å². The number of carbonyl (C=O) groups excluding carboxylic acids is 2. The topological polar surface area (TPSA) is 65.1 Å². The minimum absolute atomic E-state index is 0.203. The van der Waals surface area contributed by atoms with Gasteiger partial charge in [-0.05, 0) is 41.1 Å². The Labute approximate surface area is 149 Å². The third-order valence-corrected chi connectivity index (χ3v) is 4.97. The van der Waals surface area contributed by atoms with Gasteiger partial charge in [0.15, 0.2) is 18.1 Å². The van der Waals surface area contributed by atoms with Crippen LogP contribution in [0.25, 0.3) is 0 Å². The molecule has 1 aromatic carbocycles. The van der Waals surface area contributed by atoms with Gasteiger partial charge in [0.25, 0.3) is 5.91 Å². The fraction of sp³-hybridized carbons (Fsp3) is 0.333. The quantitative estimate of drug-likeness (QED) is 0.766. The molecule has 3 rings (SSSR count). The molecule has 0 N–H and O–H groups in total. The molecule has 1 aliphatic heterocycles. The summed E-state index contributed by atoms with van der Waals surface area (Å²) in [6.07, 6.45) is 0.723. The van der Waals surface area contributed by atoms with E-state index in [0.29, 0.717) is 29.5 Å². The van der Waals surface area contributed by atoms with Gasteiger partial charge in [0.05, 0.1) is 14.2 Å². The molecular weight excluding hydrogens is 342 g/mol. The molecule has 0 saturated carbocycles. The average Bonchev–Trinajstić information content (AvgIpc) is 3.18. The monoisotopic (exact) mass is 361 g/mol. The zero-order chi connectivity index (χ0) is 17.8. The summed E-state index contributed by atoms with van der Waals surface area (Å²) in [6.45, 7) is 0.794. The minimum atomic E-state index is -0.466. The van der Waals surface area contributed by atoms with Crippen molar-refractivity contribution in [2.45, 2.75) is 13.0 Å². The molecule has 1 aliphatic rings. The summed E-state index contributed by atoms with van der Waals surface area (Å²) >= 11 is 1.29. The summed E-state index contributed by atoms with van der Waals surface area (Å²) in [6, 6.07) is 7.29. The number of thiophene rings is 1. The molecule has 0 unspecified atom stereocenters. The Morgan fingerprint density at radius 2 is 1.88 bits per heavy atom. The lowest BCUT2D eigenvalue weighted by Crippen LogP contribution is -2.38. The van der Waals surface area contributed by atoms with Crippen molar-refractivity contribution >= 4 is 23.2 Å². The number of hydrogen-bond acceptors (Lipinski definition) is 6. The number of methoxy groups -OCH3 is 2. The van der Waals surface area contributed by atoms with Crippen molar-refractivity contribution in [2.75, 3.05) is 27.4 Å². The highest BCUT2D eigenvalue weighted by atomic mass is 32.1. The lowest BCUT2D eigenvalue weighted by molar-refractivity contribution is -0.135. The van der Waals surface area contributed by atoms with Crippen LogP contribution < -0.4 is 9.47 Å². The highest BCUT2D eigenvalue weighted by Gasteiger charge is 2.23. The Morgan fingerprint density at radius 1 is 1.16 bits per heavy atom. The molecule has 0 atom stereocenters. The van der Waals surface area contributed by atoms with Gasteiger partial charge in [-0.25, -0.2) is 4.79 Å². The van der Waals surface area contributed by atoms with Crippen molar-refractivity contribution in [3.8, 4) is 11.5 Å². The van der Waals surface area contributed by atoms with Gasteiger partial charge in [-0.3, -0.25) is 4.79 Å². The first-order valence-electron chi connectivity index (χ1n) is 7.84. The normalized spacial score (nSPS) is 13.1. The van der Waals surface area contributed by atoms with Crippen molar-refractivity contribution in [2.24, 2.45) is 0 Å². The van der Waals surface area contributed by atoms with E-state index in [1.54, 1.807) is 36.6 Å². The Bertz CT molecular complexity index is 772. The van der Waals surface area contributed by atoms with Gasteiger partial charge in [0.1, 0.15) is 4.88 Å². The first kappa shape index (κ1) is 17.3. The van der Waals surface area contributed by atoms with Crippen molar-refractivity contribution in [1.82, 2.24) is 4.90 Å². The molecule has 0 spiro atoms. The van der Waals surface area contributed by atoms with Gasteiger partial charge in [0.2, 0.25) is 0 Å². The van der Waals surface area contributed by atoms with Gasteiger partial charge in [-0.1, -0.05) is 6.07 Å². The second-order valence-electron chi connectivity index (χ2n) is 5.59. The third kappa shape index (κ3) is 3.76. The maximum atomic E-state index is 12.4. The second-order valence-corrected chi connectivity index (χ2v) is 6.54. The lowest BCUT2D eigenvalue weighted by atomic mass is 9.99. The van der Waals surface area contributed by atoms with Gasteiger partial charge in [-0.15, -0.1) is 11.3 Å². The van der Waals surface area contributed by atoms with E-state index in [4.69, 9.17) is 14.2 Å². The summed E-state index contributed by atoms with van der Waals surface area (Å²) in [5.41, 5.74) is 2.15. The van der Waals surface area contributed by atoms with Gasteiger partial charge in [0, 0.05) is 13.1 Å². The number of rotatable bonds is 5. The molecule has 2 aromatic rings. The number of esters is 1. The molecule has 1 aromatic heterocycles. The van der Waals surface area contributed by atoms with Crippen LogP contribution >= 0.6 is 11.3 Å². The van der Waals surface area contributed by atoms with Gasteiger partial charge < -0.3 is 19.1 Å². The first-order valence-corrected chi connectivity index (χ1v) is 8.72. The van der Waals surface area contributed by atoms with Crippen LogP contribution in [0, 0.1) is 0 Å². The fourth-order valence-electron chi connectivity index (χ4n) is 2.78. The largest absolute Gasteiger partial charge is 0.493 e. The Hall–Kier alpha value is -2.54. The molecular formula is C18H19NO5S. The summed E-state index contributed by atoms with van der Waals surface area (Å²) in [5.74, 6) is 0.656. The number of amides is 1. The maximum Gasteiger partial charge on any atom is 0.348 e. The SMILES string of the molecule is COc1cc2c(cc1OC)CN(C(=O)COC(=O)c1cccs1)CC2. The van der Waals surface area contributed by atoms with Crippen LogP contribution in [0.2, 0.25) is 0 Å². The molecule has 7 heteroatoms. The molecule has 1 amide bonds. The van der Waals surface area contributed by atoms with E-state index >= 15 is 0 Å². The second kappa shape index (κ2) is 7.57. The zero-order valence-corrected chi connectivity index (χ0v) is 14.9. The zero-order valence-electron chi connectivity index (χ0n) is 14.1. The Kier molecular flexibility index (Phi) is 5.23. The fourth-order valence-corrected chi connectivity index (χ4v) is 3.40.